The summed E-state index contributed by atoms with van der Waals surface area (Å²) < 4.78 is 0. The zero-order valence-corrected chi connectivity index (χ0v) is 8.52. The average molecular weight is 190 g/mol. The van der Waals surface area contributed by atoms with Gasteiger partial charge in [0.2, 0.25) is 0 Å². The maximum Gasteiger partial charge on any atom is 0.0608 e. The van der Waals surface area contributed by atoms with E-state index in [9.17, 15) is 5.11 Å². The van der Waals surface area contributed by atoms with Crippen LogP contribution in [0.3, 0.4) is 0 Å². The Labute approximate surface area is 85.2 Å². The van der Waals surface area contributed by atoms with Crippen LogP contribution in [0.5, 0.6) is 0 Å². The van der Waals surface area contributed by atoms with Gasteiger partial charge in [0.25, 0.3) is 0 Å². The quantitative estimate of drug-likeness (QED) is 0.581. The van der Waals surface area contributed by atoms with E-state index in [2.05, 4.69) is 12.2 Å². The molecule has 4 bridgehead atoms. The molecule has 1 nitrogen and oxygen atoms in total. The van der Waals surface area contributed by atoms with E-state index in [1.165, 1.54) is 32.1 Å². The second kappa shape index (κ2) is 2.27. The molecular weight excluding hydrogens is 172 g/mol. The van der Waals surface area contributed by atoms with E-state index in [1.807, 2.05) is 0 Å². The summed E-state index contributed by atoms with van der Waals surface area (Å²) in [7, 11) is 0. The van der Waals surface area contributed by atoms with E-state index in [0.29, 0.717) is 17.3 Å². The number of fused-ring (bicyclic) bond motifs is 4. The number of hydrogen-bond acceptors (Lipinski definition) is 1. The molecule has 4 unspecified atom stereocenters. The summed E-state index contributed by atoms with van der Waals surface area (Å²) in [5.41, 5.74) is 0.662. The first-order valence-electron chi connectivity index (χ1n) is 6.19. The minimum absolute atomic E-state index is 0.0278. The molecule has 1 N–H and O–H groups in total. The van der Waals surface area contributed by atoms with Gasteiger partial charge in [0.15, 0.2) is 0 Å². The number of allylic oxidation sites excluding steroid dienone is 2. The number of aliphatic hydroxyl groups is 1. The van der Waals surface area contributed by atoms with Crippen LogP contribution in [0.4, 0.5) is 0 Å². The fraction of sp³-hybridized carbons (Fsp3) is 0.846. The molecule has 0 radical (unpaired) electrons. The van der Waals surface area contributed by atoms with E-state index in [0.717, 1.165) is 11.8 Å². The molecule has 76 valence electrons. The molecule has 0 aromatic rings. The van der Waals surface area contributed by atoms with Gasteiger partial charge in [-0.2, -0.15) is 0 Å². The summed E-state index contributed by atoms with van der Waals surface area (Å²) in [6, 6.07) is 0. The molecule has 3 fully saturated rings. The highest BCUT2D eigenvalue weighted by atomic mass is 16.3. The summed E-state index contributed by atoms with van der Waals surface area (Å²) in [4.78, 5) is 0. The van der Waals surface area contributed by atoms with Crippen molar-refractivity contribution in [1.82, 2.24) is 0 Å². The number of aliphatic hydroxyl groups excluding tert-OH is 1. The predicted molar refractivity (Wildman–Crippen MR) is 54.6 cm³/mol. The molecule has 0 aromatic heterocycles. The largest absolute Gasteiger partial charge is 0.393 e. The molecule has 4 aliphatic rings. The SMILES string of the molecule is OC1C2CCCC1C1C=CC2C12CC2. The first-order valence-corrected chi connectivity index (χ1v) is 6.19. The van der Waals surface area contributed by atoms with Gasteiger partial charge in [-0.05, 0) is 54.8 Å². The third-order valence-electron chi connectivity index (χ3n) is 5.56. The van der Waals surface area contributed by atoms with Crippen LogP contribution in [0, 0.1) is 29.1 Å². The molecule has 3 saturated carbocycles. The van der Waals surface area contributed by atoms with Gasteiger partial charge < -0.3 is 5.11 Å². The van der Waals surface area contributed by atoms with E-state index >= 15 is 0 Å². The van der Waals surface area contributed by atoms with E-state index in [4.69, 9.17) is 0 Å². The van der Waals surface area contributed by atoms with Crippen molar-refractivity contribution in [2.75, 3.05) is 0 Å². The average Bonchev–Trinajstić information content (AvgIpc) is 2.84. The maximum atomic E-state index is 10.3. The molecule has 0 aromatic carbocycles. The fourth-order valence-electron chi connectivity index (χ4n) is 4.83. The summed E-state index contributed by atoms with van der Waals surface area (Å²) in [5.74, 6) is 2.73. The highest BCUT2D eigenvalue weighted by Gasteiger charge is 2.65. The molecule has 0 heterocycles. The Bertz CT molecular complexity index is 278. The smallest absolute Gasteiger partial charge is 0.0608 e. The van der Waals surface area contributed by atoms with Crippen LogP contribution in [0.25, 0.3) is 0 Å². The Kier molecular flexibility index (Phi) is 1.28. The van der Waals surface area contributed by atoms with Crippen molar-refractivity contribution >= 4 is 0 Å². The minimum Gasteiger partial charge on any atom is -0.393 e. The maximum absolute atomic E-state index is 10.3. The predicted octanol–water partition coefficient (Wildman–Crippen LogP) is 2.36. The first kappa shape index (κ1) is 7.92. The van der Waals surface area contributed by atoms with Gasteiger partial charge >= 0.3 is 0 Å². The molecule has 1 spiro atoms. The molecule has 4 aliphatic carbocycles. The van der Waals surface area contributed by atoms with Gasteiger partial charge in [0, 0.05) is 0 Å². The van der Waals surface area contributed by atoms with Gasteiger partial charge in [-0.3, -0.25) is 0 Å². The van der Waals surface area contributed by atoms with Crippen LogP contribution < -0.4 is 0 Å². The fourth-order valence-corrected chi connectivity index (χ4v) is 4.83. The van der Waals surface area contributed by atoms with Crippen molar-refractivity contribution in [3.8, 4) is 0 Å². The summed E-state index contributed by atoms with van der Waals surface area (Å²) in [6.07, 6.45) is 11.7. The molecule has 14 heavy (non-hydrogen) atoms. The van der Waals surface area contributed by atoms with Crippen LogP contribution in [0.1, 0.15) is 32.1 Å². The van der Waals surface area contributed by atoms with Gasteiger partial charge in [-0.25, -0.2) is 0 Å². The Morgan fingerprint density at radius 1 is 1.00 bits per heavy atom. The van der Waals surface area contributed by atoms with Crippen molar-refractivity contribution in [3.05, 3.63) is 12.2 Å². The Morgan fingerprint density at radius 2 is 1.57 bits per heavy atom. The number of rotatable bonds is 0. The van der Waals surface area contributed by atoms with E-state index in [-0.39, 0.29) is 6.10 Å². The van der Waals surface area contributed by atoms with Gasteiger partial charge in [-0.1, -0.05) is 18.6 Å². The van der Waals surface area contributed by atoms with Crippen LogP contribution >= 0.6 is 0 Å². The lowest BCUT2D eigenvalue weighted by Gasteiger charge is -2.49. The van der Waals surface area contributed by atoms with Crippen molar-refractivity contribution in [1.29, 1.82) is 0 Å². The van der Waals surface area contributed by atoms with Crippen molar-refractivity contribution in [3.63, 3.8) is 0 Å². The Balaban J connectivity index is 1.82. The van der Waals surface area contributed by atoms with Gasteiger partial charge in [0.05, 0.1) is 6.10 Å². The molecule has 4 rings (SSSR count). The highest BCUT2D eigenvalue weighted by molar-refractivity contribution is 5.27. The second-order valence-electron chi connectivity index (χ2n) is 5.92. The summed E-state index contributed by atoms with van der Waals surface area (Å²) in [5, 5.41) is 10.3. The van der Waals surface area contributed by atoms with Gasteiger partial charge in [-0.15, -0.1) is 0 Å². The van der Waals surface area contributed by atoms with Gasteiger partial charge in [0.1, 0.15) is 0 Å². The lowest BCUT2D eigenvalue weighted by Crippen LogP contribution is -2.49. The van der Waals surface area contributed by atoms with Crippen molar-refractivity contribution in [2.45, 2.75) is 38.2 Å². The standard InChI is InChI=1S/C13H18O/c14-12-8-2-1-3-9(12)11-5-4-10(8)13(11)6-7-13/h4-5,8-12,14H,1-3,6-7H2. The zero-order chi connectivity index (χ0) is 9.34. The summed E-state index contributed by atoms with van der Waals surface area (Å²) >= 11 is 0. The topological polar surface area (TPSA) is 20.2 Å². The van der Waals surface area contributed by atoms with E-state index in [1.54, 1.807) is 0 Å². The molecule has 0 amide bonds. The lowest BCUT2D eigenvalue weighted by atomic mass is 9.57. The Hall–Kier alpha value is -0.300. The normalized spacial score (nSPS) is 56.5. The molecule has 4 atom stereocenters. The van der Waals surface area contributed by atoms with Crippen molar-refractivity contribution < 1.29 is 5.11 Å². The molecule has 1 heteroatoms. The Morgan fingerprint density at radius 3 is 2.07 bits per heavy atom. The second-order valence-corrected chi connectivity index (χ2v) is 5.92. The minimum atomic E-state index is 0.0278. The first-order chi connectivity index (χ1) is 6.83. The third-order valence-corrected chi connectivity index (χ3v) is 5.56. The zero-order valence-electron chi connectivity index (χ0n) is 8.52. The van der Waals surface area contributed by atoms with Crippen LogP contribution in [0.2, 0.25) is 0 Å². The lowest BCUT2D eigenvalue weighted by molar-refractivity contribution is -0.0809. The molecule has 0 saturated heterocycles. The highest BCUT2D eigenvalue weighted by Crippen LogP contribution is 2.71. The third kappa shape index (κ3) is 0.701. The van der Waals surface area contributed by atoms with Crippen molar-refractivity contribution in [2.24, 2.45) is 29.1 Å². The molecule has 0 aliphatic heterocycles. The van der Waals surface area contributed by atoms with Crippen LogP contribution in [-0.2, 0) is 0 Å². The summed E-state index contributed by atoms with van der Waals surface area (Å²) in [6.45, 7) is 0. The monoisotopic (exact) mass is 190 g/mol. The van der Waals surface area contributed by atoms with E-state index < -0.39 is 0 Å². The molecular formula is C13H18O. The van der Waals surface area contributed by atoms with Crippen LogP contribution in [-0.4, -0.2) is 11.2 Å². The number of hydrogen-bond donors (Lipinski definition) is 1. The van der Waals surface area contributed by atoms with Crippen LogP contribution in [0.15, 0.2) is 12.2 Å².